The molecule has 0 aliphatic rings. The Labute approximate surface area is 85.2 Å². The van der Waals surface area contributed by atoms with E-state index in [0.29, 0.717) is 0 Å². The molecule has 0 aromatic carbocycles. The Kier molecular flexibility index (Phi) is 6090. The monoisotopic (exact) mass is 280 g/mol. The van der Waals surface area contributed by atoms with Crippen LogP contribution in [0.4, 0.5) is 0 Å². The van der Waals surface area contributed by atoms with Crippen molar-refractivity contribution < 1.29 is 85.6 Å². The maximum Gasteiger partial charge on any atom is 0 e. The fraction of sp³-hybridized carbons (Fsp3) is 0. The van der Waals surface area contributed by atoms with E-state index in [2.05, 4.69) is 0 Å². The van der Waals surface area contributed by atoms with Gasteiger partial charge in [-0.15, -0.1) is 0 Å². The summed E-state index contributed by atoms with van der Waals surface area (Å²) >= 11 is 0. The molecule has 0 saturated carbocycles. The summed E-state index contributed by atoms with van der Waals surface area (Å²) in [6, 6.07) is 0. The predicted octanol–water partition coefficient (Wildman–Crippen LogP) is -0.601. The van der Waals surface area contributed by atoms with Crippen molar-refractivity contribution in [3.63, 3.8) is 0 Å². The molecule has 56 valence electrons. The van der Waals surface area contributed by atoms with Crippen LogP contribution in [0.2, 0.25) is 0 Å². The molecule has 0 aliphatic carbocycles. The Bertz CT molecular complexity index is 10.4. The summed E-state index contributed by atoms with van der Waals surface area (Å²) in [7, 11) is 0. The van der Waals surface area contributed by atoms with Crippen molar-refractivity contribution in [2.75, 3.05) is 0 Å². The van der Waals surface area contributed by atoms with Crippen LogP contribution in [0.25, 0.3) is 0 Å². The van der Waals surface area contributed by atoms with E-state index in [-0.39, 0.29) is 85.6 Å². The molecule has 0 bridgehead atoms. The van der Waals surface area contributed by atoms with Crippen LogP contribution in [0.1, 0.15) is 0 Å². The van der Waals surface area contributed by atoms with Gasteiger partial charge in [0.2, 0.25) is 0 Å². The van der Waals surface area contributed by atoms with Gasteiger partial charge in [-0.3, -0.25) is 0 Å². The summed E-state index contributed by atoms with van der Waals surface area (Å²) in [5, 5.41) is 0. The maximum atomic E-state index is 0. The Morgan fingerprint density at radius 3 is 0.375 bits per heavy atom. The SMILES string of the molecule is [Mo].[O-2].[O-2].[O-2].[O-2].[O-2].[V].[V]. The minimum atomic E-state index is 0. The van der Waals surface area contributed by atoms with Gasteiger partial charge in [0.25, 0.3) is 0 Å². The third kappa shape index (κ3) is 124. The molecule has 0 N–H and O–H groups in total. The van der Waals surface area contributed by atoms with Crippen molar-refractivity contribution >= 4 is 0 Å². The zero-order chi connectivity index (χ0) is 0. The van der Waals surface area contributed by atoms with Crippen LogP contribution in [0.15, 0.2) is 0 Å². The van der Waals surface area contributed by atoms with Crippen molar-refractivity contribution in [2.24, 2.45) is 0 Å². The van der Waals surface area contributed by atoms with E-state index in [0.717, 1.165) is 0 Å². The predicted molar refractivity (Wildman–Crippen MR) is 3.43 cm³/mol. The van der Waals surface area contributed by atoms with Gasteiger partial charge in [-0.25, -0.2) is 0 Å². The van der Waals surface area contributed by atoms with Crippen molar-refractivity contribution in [2.45, 2.75) is 0 Å². The van der Waals surface area contributed by atoms with Gasteiger partial charge >= 0.3 is 0 Å². The molecule has 0 aromatic rings. The van der Waals surface area contributed by atoms with Crippen LogP contribution in [0, 0.1) is 0 Å². The maximum absolute atomic E-state index is 0. The normalized spacial score (nSPS) is 0. The number of hydrogen-bond donors (Lipinski definition) is 0. The van der Waals surface area contributed by atoms with Crippen LogP contribution in [-0.2, 0) is 85.6 Å². The second-order valence-electron chi connectivity index (χ2n) is 0. The average Bonchev–Trinajstić information content (AvgIpc) is 0. The Morgan fingerprint density at radius 2 is 0.375 bits per heavy atom. The topological polar surface area (TPSA) is 142 Å². The molecule has 5 nitrogen and oxygen atoms in total. The molecule has 8 heavy (non-hydrogen) atoms. The van der Waals surface area contributed by atoms with Gasteiger partial charge in [-0.2, -0.15) is 0 Å². The molecule has 0 saturated heterocycles. The van der Waals surface area contributed by atoms with E-state index in [4.69, 9.17) is 0 Å². The first-order valence-corrected chi connectivity index (χ1v) is 0. The summed E-state index contributed by atoms with van der Waals surface area (Å²) in [6.45, 7) is 0. The average molecular weight is 278 g/mol. The van der Waals surface area contributed by atoms with Gasteiger partial charge < -0.3 is 27.4 Å². The van der Waals surface area contributed by atoms with Gasteiger partial charge in [0, 0.05) is 58.2 Å². The summed E-state index contributed by atoms with van der Waals surface area (Å²) in [5.74, 6) is 0. The molecular formula is MoO5V2-10. The van der Waals surface area contributed by atoms with Gasteiger partial charge in [0.15, 0.2) is 0 Å². The molecule has 0 amide bonds. The molecule has 0 spiro atoms. The van der Waals surface area contributed by atoms with Crippen LogP contribution < -0.4 is 0 Å². The second kappa shape index (κ2) is 185. The smallest absolute Gasteiger partial charge is 0 e. The Hall–Kier alpha value is 1.66. The third-order valence-electron chi connectivity index (χ3n) is 0. The van der Waals surface area contributed by atoms with Gasteiger partial charge in [0.1, 0.15) is 0 Å². The minimum absolute atomic E-state index is 0. The molecule has 0 rings (SSSR count). The zero-order valence-corrected chi connectivity index (χ0v) is 8.14. The van der Waals surface area contributed by atoms with E-state index < -0.39 is 0 Å². The van der Waals surface area contributed by atoms with E-state index in [1.54, 1.807) is 0 Å². The van der Waals surface area contributed by atoms with E-state index >= 15 is 0 Å². The van der Waals surface area contributed by atoms with Crippen molar-refractivity contribution in [3.05, 3.63) is 0 Å². The summed E-state index contributed by atoms with van der Waals surface area (Å²) in [5.41, 5.74) is 0. The fourth-order valence-electron chi connectivity index (χ4n) is 0. The van der Waals surface area contributed by atoms with E-state index in [9.17, 15) is 0 Å². The van der Waals surface area contributed by atoms with Gasteiger partial charge in [-0.1, -0.05) is 0 Å². The van der Waals surface area contributed by atoms with Crippen molar-refractivity contribution in [1.82, 2.24) is 0 Å². The van der Waals surface area contributed by atoms with Crippen molar-refractivity contribution in [3.8, 4) is 0 Å². The standard InChI is InChI=1S/Mo.5O.2V/q;5*-2;;. The first-order chi connectivity index (χ1) is 0. The number of rotatable bonds is 0. The van der Waals surface area contributed by atoms with Crippen LogP contribution >= 0.6 is 0 Å². The molecular weight excluding hydrogens is 278 g/mol. The minimum Gasteiger partial charge on any atom is -2.00 e. The molecule has 0 heterocycles. The first-order valence-electron chi connectivity index (χ1n) is 0. The van der Waals surface area contributed by atoms with E-state index in [1.165, 1.54) is 0 Å². The van der Waals surface area contributed by atoms with Gasteiger partial charge in [0.05, 0.1) is 0 Å². The first kappa shape index (κ1) is 264. The summed E-state index contributed by atoms with van der Waals surface area (Å²) < 4.78 is 0. The van der Waals surface area contributed by atoms with Crippen LogP contribution in [0.5, 0.6) is 0 Å². The number of hydrogen-bond acceptors (Lipinski definition) is 0. The fourth-order valence-corrected chi connectivity index (χ4v) is 0. The zero-order valence-electron chi connectivity index (χ0n) is 3.34. The van der Waals surface area contributed by atoms with Crippen LogP contribution in [0.3, 0.4) is 0 Å². The van der Waals surface area contributed by atoms with E-state index in [1.807, 2.05) is 0 Å². The molecule has 0 fully saturated rings. The Morgan fingerprint density at radius 1 is 0.375 bits per heavy atom. The molecule has 0 atom stereocenters. The summed E-state index contributed by atoms with van der Waals surface area (Å²) in [6.07, 6.45) is 0. The molecule has 2 radical (unpaired) electrons. The Balaban J connectivity index is 0. The van der Waals surface area contributed by atoms with Crippen LogP contribution in [-0.4, -0.2) is 0 Å². The third-order valence-corrected chi connectivity index (χ3v) is 0. The van der Waals surface area contributed by atoms with Gasteiger partial charge in [-0.05, 0) is 0 Å². The second-order valence-corrected chi connectivity index (χ2v) is 0. The largest absolute Gasteiger partial charge is 2.00 e. The quantitative estimate of drug-likeness (QED) is 0.521. The molecule has 8 heteroatoms. The molecule has 0 unspecified atom stereocenters. The van der Waals surface area contributed by atoms with Crippen molar-refractivity contribution in [1.29, 1.82) is 0 Å². The molecule has 0 aliphatic heterocycles. The summed E-state index contributed by atoms with van der Waals surface area (Å²) in [4.78, 5) is 0. The molecule has 0 aromatic heterocycles.